The average Bonchev–Trinajstić information content (AvgIpc) is 3.35. The van der Waals surface area contributed by atoms with Gasteiger partial charge in [0, 0.05) is 23.2 Å². The van der Waals surface area contributed by atoms with E-state index in [9.17, 15) is 9.59 Å². The standard InChI is InChI=1S/C16H15N5O5S2/c1-27-15-20-18-13(25-15)8-5-9(14-19-21-16(26-14)28-2)7-10(6-8)17-11(22)3-4-12(23)24/h5-7H,3-4H2,1-2H3,(H,17,22)(H,23,24). The Morgan fingerprint density at radius 3 is 1.89 bits per heavy atom. The predicted molar refractivity (Wildman–Crippen MR) is 102 cm³/mol. The third kappa shape index (κ3) is 4.89. The summed E-state index contributed by atoms with van der Waals surface area (Å²) in [6.07, 6.45) is 3.21. The Labute approximate surface area is 167 Å². The molecule has 0 bridgehead atoms. The molecule has 2 heterocycles. The summed E-state index contributed by atoms with van der Waals surface area (Å²) in [5.41, 5.74) is 1.50. The number of thioether (sulfide) groups is 2. The minimum Gasteiger partial charge on any atom is -0.481 e. The zero-order valence-electron chi connectivity index (χ0n) is 14.8. The zero-order valence-corrected chi connectivity index (χ0v) is 16.5. The largest absolute Gasteiger partial charge is 0.481 e. The Morgan fingerprint density at radius 1 is 0.929 bits per heavy atom. The molecule has 12 heteroatoms. The number of anilines is 1. The van der Waals surface area contributed by atoms with Gasteiger partial charge in [0.15, 0.2) is 0 Å². The lowest BCUT2D eigenvalue weighted by molar-refractivity contribution is -0.138. The summed E-state index contributed by atoms with van der Waals surface area (Å²) < 4.78 is 11.1. The second-order valence-corrected chi connectivity index (χ2v) is 6.91. The molecule has 0 aliphatic rings. The molecule has 2 N–H and O–H groups in total. The highest BCUT2D eigenvalue weighted by molar-refractivity contribution is 7.98. The maximum absolute atomic E-state index is 12.0. The van der Waals surface area contributed by atoms with Crippen molar-refractivity contribution in [1.29, 1.82) is 0 Å². The number of carbonyl (C=O) groups is 2. The molecule has 1 amide bonds. The summed E-state index contributed by atoms with van der Waals surface area (Å²) >= 11 is 2.61. The number of nitrogens with one attached hydrogen (secondary N) is 1. The third-order valence-electron chi connectivity index (χ3n) is 3.44. The summed E-state index contributed by atoms with van der Waals surface area (Å²) in [4.78, 5) is 22.7. The van der Waals surface area contributed by atoms with Crippen molar-refractivity contribution >= 4 is 41.1 Å². The van der Waals surface area contributed by atoms with Crippen LogP contribution >= 0.6 is 23.5 Å². The van der Waals surface area contributed by atoms with Gasteiger partial charge in [-0.25, -0.2) is 0 Å². The molecule has 0 fully saturated rings. The van der Waals surface area contributed by atoms with Crippen molar-refractivity contribution in [3.8, 4) is 22.9 Å². The average molecular weight is 421 g/mol. The van der Waals surface area contributed by atoms with E-state index in [1.807, 2.05) is 12.5 Å². The minimum atomic E-state index is -1.05. The molecular weight excluding hydrogens is 406 g/mol. The molecule has 3 aromatic rings. The number of aliphatic carboxylic acids is 1. The highest BCUT2D eigenvalue weighted by Gasteiger charge is 2.16. The minimum absolute atomic E-state index is 0.150. The van der Waals surface area contributed by atoms with Crippen LogP contribution in [0.3, 0.4) is 0 Å². The van der Waals surface area contributed by atoms with Crippen molar-refractivity contribution in [2.45, 2.75) is 23.3 Å². The van der Waals surface area contributed by atoms with Crippen LogP contribution in [0.4, 0.5) is 5.69 Å². The van der Waals surface area contributed by atoms with E-state index in [1.165, 1.54) is 23.5 Å². The lowest BCUT2D eigenvalue weighted by Gasteiger charge is -2.08. The first-order valence-corrected chi connectivity index (χ1v) is 10.4. The van der Waals surface area contributed by atoms with Crippen molar-refractivity contribution in [2.24, 2.45) is 0 Å². The van der Waals surface area contributed by atoms with Crippen molar-refractivity contribution in [2.75, 3.05) is 17.8 Å². The Balaban J connectivity index is 1.95. The molecule has 0 saturated heterocycles. The number of aromatic nitrogens is 4. The molecule has 0 aliphatic carbocycles. The molecule has 0 atom stereocenters. The van der Waals surface area contributed by atoms with E-state index in [4.69, 9.17) is 13.9 Å². The molecule has 1 aromatic carbocycles. The number of carboxylic acids is 1. The second kappa shape index (κ2) is 8.89. The maximum Gasteiger partial charge on any atom is 0.303 e. The highest BCUT2D eigenvalue weighted by atomic mass is 32.2. The van der Waals surface area contributed by atoms with Crippen LogP contribution in [0.15, 0.2) is 37.5 Å². The number of nitrogens with zero attached hydrogens (tertiary/aromatic N) is 4. The molecular formula is C16H15N5O5S2. The summed E-state index contributed by atoms with van der Waals surface area (Å²) in [7, 11) is 0. The third-order valence-corrected chi connectivity index (χ3v) is 4.47. The number of carbonyl (C=O) groups excluding carboxylic acids is 1. The predicted octanol–water partition coefficient (Wildman–Crippen LogP) is 3.03. The number of rotatable bonds is 8. The Kier molecular flexibility index (Phi) is 6.31. The monoisotopic (exact) mass is 421 g/mol. The summed E-state index contributed by atoms with van der Waals surface area (Å²) in [6.45, 7) is 0. The van der Waals surface area contributed by atoms with Gasteiger partial charge >= 0.3 is 5.97 Å². The molecule has 3 rings (SSSR count). The molecule has 10 nitrogen and oxygen atoms in total. The van der Waals surface area contributed by atoms with Gasteiger partial charge in [-0.15, -0.1) is 20.4 Å². The SMILES string of the molecule is CSc1nnc(-c2cc(NC(=O)CCC(=O)O)cc(-c3nnc(SC)o3)c2)o1. The van der Waals surface area contributed by atoms with Gasteiger partial charge in [0.25, 0.3) is 10.4 Å². The van der Waals surface area contributed by atoms with Crippen LogP contribution in [0.2, 0.25) is 0 Å². The van der Waals surface area contributed by atoms with Crippen molar-refractivity contribution in [1.82, 2.24) is 20.4 Å². The van der Waals surface area contributed by atoms with Crippen LogP contribution in [0.1, 0.15) is 12.8 Å². The number of amides is 1. The van der Waals surface area contributed by atoms with Crippen LogP contribution < -0.4 is 5.32 Å². The number of benzene rings is 1. The topological polar surface area (TPSA) is 144 Å². The summed E-state index contributed by atoms with van der Waals surface area (Å²) in [5, 5.41) is 28.0. The van der Waals surface area contributed by atoms with Crippen LogP contribution in [0, 0.1) is 0 Å². The van der Waals surface area contributed by atoms with Gasteiger partial charge in [-0.05, 0) is 30.7 Å². The van der Waals surface area contributed by atoms with Gasteiger partial charge < -0.3 is 19.3 Å². The van der Waals surface area contributed by atoms with Crippen LogP contribution in [-0.2, 0) is 9.59 Å². The van der Waals surface area contributed by atoms with Crippen LogP contribution in [0.25, 0.3) is 22.9 Å². The second-order valence-electron chi connectivity index (χ2n) is 5.40. The fourth-order valence-electron chi connectivity index (χ4n) is 2.21. The van der Waals surface area contributed by atoms with Gasteiger partial charge in [-0.1, -0.05) is 23.5 Å². The molecule has 28 heavy (non-hydrogen) atoms. The zero-order chi connectivity index (χ0) is 20.1. The van der Waals surface area contributed by atoms with E-state index in [2.05, 4.69) is 25.7 Å². The van der Waals surface area contributed by atoms with Gasteiger partial charge in [0.05, 0.1) is 6.42 Å². The maximum atomic E-state index is 12.0. The van der Waals surface area contributed by atoms with Gasteiger partial charge in [0.2, 0.25) is 17.7 Å². The van der Waals surface area contributed by atoms with E-state index < -0.39 is 11.9 Å². The fraction of sp³-hybridized carbons (Fsp3) is 0.250. The molecule has 146 valence electrons. The van der Waals surface area contributed by atoms with Gasteiger partial charge in [-0.3, -0.25) is 9.59 Å². The Hall–Kier alpha value is -2.86. The van der Waals surface area contributed by atoms with E-state index in [0.29, 0.717) is 27.3 Å². The lowest BCUT2D eigenvalue weighted by Crippen LogP contribution is -2.13. The summed E-state index contributed by atoms with van der Waals surface area (Å²) in [6, 6.07) is 5.01. The quantitative estimate of drug-likeness (QED) is 0.518. The molecule has 0 unspecified atom stereocenters. The van der Waals surface area contributed by atoms with Crippen molar-refractivity contribution < 1.29 is 23.5 Å². The van der Waals surface area contributed by atoms with Crippen LogP contribution in [-0.4, -0.2) is 49.9 Å². The van der Waals surface area contributed by atoms with Crippen LogP contribution in [0.5, 0.6) is 0 Å². The first-order chi connectivity index (χ1) is 13.5. The van der Waals surface area contributed by atoms with E-state index in [0.717, 1.165) is 0 Å². The Morgan fingerprint density at radius 2 is 1.46 bits per heavy atom. The number of hydrogen-bond acceptors (Lipinski definition) is 10. The molecule has 0 saturated carbocycles. The number of hydrogen-bond donors (Lipinski definition) is 2. The van der Waals surface area contributed by atoms with E-state index in [-0.39, 0.29) is 24.6 Å². The normalized spacial score (nSPS) is 10.8. The van der Waals surface area contributed by atoms with E-state index >= 15 is 0 Å². The van der Waals surface area contributed by atoms with Crippen molar-refractivity contribution in [3.05, 3.63) is 18.2 Å². The van der Waals surface area contributed by atoms with Gasteiger partial charge in [-0.2, -0.15) is 0 Å². The fourth-order valence-corrected chi connectivity index (χ4v) is 2.78. The molecule has 0 aliphatic heterocycles. The van der Waals surface area contributed by atoms with Crippen molar-refractivity contribution in [3.63, 3.8) is 0 Å². The molecule has 0 radical (unpaired) electrons. The smallest absolute Gasteiger partial charge is 0.303 e. The van der Waals surface area contributed by atoms with Gasteiger partial charge in [0.1, 0.15) is 0 Å². The first kappa shape index (κ1) is 19.9. The number of carboxylic acid groups (broad SMARTS) is 1. The molecule has 0 spiro atoms. The highest BCUT2D eigenvalue weighted by Crippen LogP contribution is 2.31. The Bertz CT molecular complexity index is 942. The lowest BCUT2D eigenvalue weighted by atomic mass is 10.1. The summed E-state index contributed by atoms with van der Waals surface area (Å²) in [5.74, 6) is -0.958. The van der Waals surface area contributed by atoms with E-state index in [1.54, 1.807) is 18.2 Å². The first-order valence-electron chi connectivity index (χ1n) is 7.91. The molecule has 2 aromatic heterocycles.